The average Bonchev–Trinajstić information content (AvgIpc) is 2.69. The molecule has 7 nitrogen and oxygen atoms in total. The number of hydrogen-bond acceptors (Lipinski definition) is 6. The Labute approximate surface area is 164 Å². The maximum Gasteiger partial charge on any atom is 0.310 e. The lowest BCUT2D eigenvalue weighted by atomic mass is 10.2. The Balaban J connectivity index is 1.84. The Kier molecular flexibility index (Phi) is 7.68. The number of hydrogen-bond donors (Lipinski definition) is 1. The SMILES string of the molecule is COc1ccc(OC)c(NC(=O)C(C)OC(=O)CCOc2ccccc2C)c1. The molecule has 1 unspecified atom stereocenters. The van der Waals surface area contributed by atoms with E-state index in [-0.39, 0.29) is 13.0 Å². The molecule has 1 amide bonds. The second-order valence-electron chi connectivity index (χ2n) is 6.05. The highest BCUT2D eigenvalue weighted by atomic mass is 16.6. The minimum atomic E-state index is -0.970. The number of anilines is 1. The Morgan fingerprint density at radius 2 is 1.79 bits per heavy atom. The van der Waals surface area contributed by atoms with E-state index in [4.69, 9.17) is 18.9 Å². The maximum atomic E-state index is 12.3. The van der Waals surface area contributed by atoms with Gasteiger partial charge in [-0.2, -0.15) is 0 Å². The number of para-hydroxylation sites is 1. The summed E-state index contributed by atoms with van der Waals surface area (Å²) in [5.74, 6) is 0.758. The lowest BCUT2D eigenvalue weighted by Gasteiger charge is -2.16. The molecule has 2 aromatic carbocycles. The molecule has 0 radical (unpaired) electrons. The summed E-state index contributed by atoms with van der Waals surface area (Å²) in [4.78, 5) is 24.3. The standard InChI is InChI=1S/C21H25NO6/c1-14-7-5-6-8-18(14)27-12-11-20(23)28-15(2)21(24)22-17-13-16(25-3)9-10-19(17)26-4/h5-10,13,15H,11-12H2,1-4H3,(H,22,24). The van der Waals surface area contributed by atoms with Crippen molar-refractivity contribution in [3.63, 3.8) is 0 Å². The van der Waals surface area contributed by atoms with E-state index >= 15 is 0 Å². The fourth-order valence-electron chi connectivity index (χ4n) is 2.42. The molecular weight excluding hydrogens is 362 g/mol. The van der Waals surface area contributed by atoms with E-state index in [2.05, 4.69) is 5.32 Å². The number of rotatable bonds is 9. The molecule has 2 rings (SSSR count). The molecule has 0 bridgehead atoms. The molecule has 0 heterocycles. The number of nitrogens with one attached hydrogen (secondary N) is 1. The number of ether oxygens (including phenoxy) is 4. The number of esters is 1. The first-order chi connectivity index (χ1) is 13.4. The van der Waals surface area contributed by atoms with Gasteiger partial charge in [-0.15, -0.1) is 0 Å². The number of benzene rings is 2. The molecular formula is C21H25NO6. The van der Waals surface area contributed by atoms with Crippen molar-refractivity contribution in [1.29, 1.82) is 0 Å². The number of amides is 1. The summed E-state index contributed by atoms with van der Waals surface area (Å²) < 4.78 is 21.1. The van der Waals surface area contributed by atoms with Crippen LogP contribution in [0.1, 0.15) is 18.9 Å². The molecule has 0 saturated heterocycles. The number of aryl methyl sites for hydroxylation is 1. The van der Waals surface area contributed by atoms with Crippen LogP contribution in [0.4, 0.5) is 5.69 Å². The second kappa shape index (κ2) is 10.2. The van der Waals surface area contributed by atoms with Gasteiger partial charge in [-0.3, -0.25) is 9.59 Å². The van der Waals surface area contributed by atoms with Gasteiger partial charge in [0.15, 0.2) is 6.10 Å². The lowest BCUT2D eigenvalue weighted by molar-refractivity contribution is -0.153. The van der Waals surface area contributed by atoms with E-state index in [1.54, 1.807) is 18.2 Å². The molecule has 0 fully saturated rings. The zero-order chi connectivity index (χ0) is 20.5. The van der Waals surface area contributed by atoms with Crippen molar-refractivity contribution < 1.29 is 28.5 Å². The van der Waals surface area contributed by atoms with E-state index < -0.39 is 18.0 Å². The van der Waals surface area contributed by atoms with Gasteiger partial charge in [0.1, 0.15) is 17.2 Å². The predicted molar refractivity (Wildman–Crippen MR) is 105 cm³/mol. The van der Waals surface area contributed by atoms with Crippen molar-refractivity contribution in [3.8, 4) is 17.2 Å². The summed E-state index contributed by atoms with van der Waals surface area (Å²) in [5.41, 5.74) is 1.41. The maximum absolute atomic E-state index is 12.3. The summed E-state index contributed by atoms with van der Waals surface area (Å²) in [5, 5.41) is 2.68. The van der Waals surface area contributed by atoms with Gasteiger partial charge >= 0.3 is 5.97 Å². The molecule has 1 atom stereocenters. The fourth-order valence-corrected chi connectivity index (χ4v) is 2.42. The van der Waals surface area contributed by atoms with Crippen molar-refractivity contribution in [1.82, 2.24) is 0 Å². The molecule has 0 aliphatic rings. The van der Waals surface area contributed by atoms with Gasteiger partial charge in [-0.1, -0.05) is 18.2 Å². The monoisotopic (exact) mass is 387 g/mol. The zero-order valence-corrected chi connectivity index (χ0v) is 16.5. The summed E-state index contributed by atoms with van der Waals surface area (Å²) in [7, 11) is 3.02. The minimum Gasteiger partial charge on any atom is -0.497 e. The van der Waals surface area contributed by atoms with E-state index in [1.807, 2.05) is 31.2 Å². The molecule has 0 spiro atoms. The largest absolute Gasteiger partial charge is 0.497 e. The van der Waals surface area contributed by atoms with Crippen LogP contribution in [0, 0.1) is 6.92 Å². The topological polar surface area (TPSA) is 83.1 Å². The first-order valence-corrected chi connectivity index (χ1v) is 8.85. The summed E-state index contributed by atoms with van der Waals surface area (Å²) in [6, 6.07) is 12.5. The van der Waals surface area contributed by atoms with Crippen LogP contribution in [0.5, 0.6) is 17.2 Å². The summed E-state index contributed by atoms with van der Waals surface area (Å²) >= 11 is 0. The van der Waals surface area contributed by atoms with Crippen molar-refractivity contribution in [3.05, 3.63) is 48.0 Å². The average molecular weight is 387 g/mol. The third kappa shape index (κ3) is 5.90. The predicted octanol–water partition coefficient (Wildman–Crippen LogP) is 3.35. The highest BCUT2D eigenvalue weighted by Crippen LogP contribution is 2.29. The molecule has 2 aromatic rings. The molecule has 0 aliphatic carbocycles. The van der Waals surface area contributed by atoms with Crippen molar-refractivity contribution in [2.75, 3.05) is 26.1 Å². The van der Waals surface area contributed by atoms with Crippen molar-refractivity contribution in [2.45, 2.75) is 26.4 Å². The number of methoxy groups -OCH3 is 2. The van der Waals surface area contributed by atoms with E-state index in [1.165, 1.54) is 21.1 Å². The van der Waals surface area contributed by atoms with Crippen LogP contribution in [0.25, 0.3) is 0 Å². The molecule has 0 saturated carbocycles. The molecule has 150 valence electrons. The van der Waals surface area contributed by atoms with Gasteiger partial charge in [-0.05, 0) is 37.6 Å². The highest BCUT2D eigenvalue weighted by molar-refractivity contribution is 5.96. The van der Waals surface area contributed by atoms with Crippen molar-refractivity contribution >= 4 is 17.6 Å². The third-order valence-corrected chi connectivity index (χ3v) is 4.00. The Morgan fingerprint density at radius 3 is 2.46 bits per heavy atom. The van der Waals surface area contributed by atoms with E-state index in [0.29, 0.717) is 22.9 Å². The molecule has 0 aromatic heterocycles. The van der Waals surface area contributed by atoms with Crippen LogP contribution in [0.15, 0.2) is 42.5 Å². The Hall–Kier alpha value is -3.22. The van der Waals surface area contributed by atoms with Crippen LogP contribution in [0.3, 0.4) is 0 Å². The van der Waals surface area contributed by atoms with Gasteiger partial charge in [0.2, 0.25) is 0 Å². The minimum absolute atomic E-state index is 0.0361. The van der Waals surface area contributed by atoms with Gasteiger partial charge < -0.3 is 24.3 Å². The summed E-state index contributed by atoms with van der Waals surface area (Å²) in [6.45, 7) is 3.59. The first-order valence-electron chi connectivity index (χ1n) is 8.85. The molecule has 0 aliphatic heterocycles. The van der Waals surface area contributed by atoms with Crippen LogP contribution >= 0.6 is 0 Å². The van der Waals surface area contributed by atoms with Gasteiger partial charge in [-0.25, -0.2) is 0 Å². The zero-order valence-electron chi connectivity index (χ0n) is 16.5. The first kappa shape index (κ1) is 21.1. The quantitative estimate of drug-likeness (QED) is 0.665. The molecule has 28 heavy (non-hydrogen) atoms. The smallest absolute Gasteiger partial charge is 0.310 e. The summed E-state index contributed by atoms with van der Waals surface area (Å²) in [6.07, 6.45) is -0.934. The Morgan fingerprint density at radius 1 is 1.04 bits per heavy atom. The third-order valence-electron chi connectivity index (χ3n) is 4.00. The van der Waals surface area contributed by atoms with Crippen LogP contribution in [-0.4, -0.2) is 38.8 Å². The normalized spacial score (nSPS) is 11.3. The van der Waals surface area contributed by atoms with Crippen LogP contribution < -0.4 is 19.5 Å². The van der Waals surface area contributed by atoms with E-state index in [0.717, 1.165) is 5.56 Å². The van der Waals surface area contributed by atoms with Gasteiger partial charge in [0.05, 0.1) is 32.9 Å². The van der Waals surface area contributed by atoms with E-state index in [9.17, 15) is 9.59 Å². The fraction of sp³-hybridized carbons (Fsp3) is 0.333. The van der Waals surface area contributed by atoms with Crippen LogP contribution in [-0.2, 0) is 14.3 Å². The number of carbonyl (C=O) groups is 2. The van der Waals surface area contributed by atoms with Crippen molar-refractivity contribution in [2.24, 2.45) is 0 Å². The molecule has 1 N–H and O–H groups in total. The van der Waals surface area contributed by atoms with Gasteiger partial charge in [0.25, 0.3) is 5.91 Å². The lowest BCUT2D eigenvalue weighted by Crippen LogP contribution is -2.30. The van der Waals surface area contributed by atoms with Gasteiger partial charge in [0, 0.05) is 6.07 Å². The molecule has 7 heteroatoms. The number of carbonyl (C=O) groups excluding carboxylic acids is 2. The van der Waals surface area contributed by atoms with Crippen LogP contribution in [0.2, 0.25) is 0 Å². The second-order valence-corrected chi connectivity index (χ2v) is 6.05. The highest BCUT2D eigenvalue weighted by Gasteiger charge is 2.19. The Bertz CT molecular complexity index is 820.